The molecule has 0 spiro atoms. The van der Waals surface area contributed by atoms with Gasteiger partial charge in [-0.1, -0.05) is 31.9 Å². The average Bonchev–Trinajstić information content (AvgIpc) is 2.28. The van der Waals surface area contributed by atoms with Crippen molar-refractivity contribution in [2.24, 2.45) is 0 Å². The van der Waals surface area contributed by atoms with Gasteiger partial charge in [0.2, 0.25) is 0 Å². The Morgan fingerprint density at radius 3 is 2.40 bits per heavy atom. The minimum Gasteiger partial charge on any atom is -0.299 e. The van der Waals surface area contributed by atoms with Gasteiger partial charge in [-0.3, -0.25) is 4.79 Å². The van der Waals surface area contributed by atoms with Crippen molar-refractivity contribution in [3.63, 3.8) is 0 Å². The first kappa shape index (κ1) is 11.5. The summed E-state index contributed by atoms with van der Waals surface area (Å²) in [6.45, 7) is 5.67. The van der Waals surface area contributed by atoms with Crippen molar-refractivity contribution in [3.8, 4) is 11.8 Å². The van der Waals surface area contributed by atoms with E-state index >= 15 is 0 Å². The van der Waals surface area contributed by atoms with Gasteiger partial charge in [-0.05, 0) is 24.6 Å². The van der Waals surface area contributed by atoms with Crippen LogP contribution in [0.25, 0.3) is 0 Å². The van der Waals surface area contributed by atoms with Gasteiger partial charge in [0.15, 0.2) is 0 Å². The van der Waals surface area contributed by atoms with Crippen LogP contribution in [0.1, 0.15) is 44.2 Å². The number of hydrogen-bond donors (Lipinski definition) is 0. The smallest absolute Gasteiger partial charge is 0.139 e. The lowest BCUT2D eigenvalue weighted by molar-refractivity contribution is -0.119. The van der Waals surface area contributed by atoms with Gasteiger partial charge in [-0.2, -0.15) is 0 Å². The fourth-order valence-corrected chi connectivity index (χ4v) is 1.49. The SMILES string of the molecule is CC#Cc1ccc(C(C)C(=O)CC)cc1. The highest BCUT2D eigenvalue weighted by atomic mass is 16.1. The molecule has 0 aromatic heterocycles. The molecule has 1 aromatic rings. The molecule has 0 heterocycles. The number of rotatable bonds is 3. The summed E-state index contributed by atoms with van der Waals surface area (Å²) in [7, 11) is 0. The van der Waals surface area contributed by atoms with E-state index in [1.54, 1.807) is 0 Å². The second-order valence-electron chi connectivity index (χ2n) is 3.54. The van der Waals surface area contributed by atoms with Crippen molar-refractivity contribution in [1.82, 2.24) is 0 Å². The number of ketones is 1. The zero-order valence-corrected chi connectivity index (χ0v) is 9.50. The molecule has 1 nitrogen and oxygen atoms in total. The van der Waals surface area contributed by atoms with Crippen LogP contribution in [-0.4, -0.2) is 5.78 Å². The zero-order chi connectivity index (χ0) is 11.3. The van der Waals surface area contributed by atoms with Crippen LogP contribution in [-0.2, 0) is 4.79 Å². The van der Waals surface area contributed by atoms with Crippen molar-refractivity contribution in [1.29, 1.82) is 0 Å². The van der Waals surface area contributed by atoms with Gasteiger partial charge in [-0.15, -0.1) is 5.92 Å². The summed E-state index contributed by atoms with van der Waals surface area (Å²) in [6.07, 6.45) is 0.595. The molecule has 0 radical (unpaired) electrons. The van der Waals surface area contributed by atoms with Crippen molar-refractivity contribution >= 4 is 5.78 Å². The molecule has 1 aromatic carbocycles. The minimum atomic E-state index is -0.00126. The van der Waals surface area contributed by atoms with Crippen molar-refractivity contribution in [2.45, 2.75) is 33.1 Å². The molecule has 1 atom stereocenters. The lowest BCUT2D eigenvalue weighted by Crippen LogP contribution is -2.07. The summed E-state index contributed by atoms with van der Waals surface area (Å²) >= 11 is 0. The summed E-state index contributed by atoms with van der Waals surface area (Å²) in [5, 5.41) is 0. The monoisotopic (exact) mass is 200 g/mol. The first-order valence-corrected chi connectivity index (χ1v) is 5.24. The lowest BCUT2D eigenvalue weighted by Gasteiger charge is -2.09. The van der Waals surface area contributed by atoms with Gasteiger partial charge in [0.05, 0.1) is 0 Å². The Balaban J connectivity index is 2.87. The average molecular weight is 200 g/mol. The molecule has 0 amide bonds. The lowest BCUT2D eigenvalue weighted by atomic mass is 9.94. The molecule has 0 N–H and O–H groups in total. The molecule has 1 heteroatoms. The summed E-state index contributed by atoms with van der Waals surface area (Å²) in [4.78, 5) is 11.5. The molecule has 0 aliphatic carbocycles. The van der Waals surface area contributed by atoms with Crippen LogP contribution in [0.3, 0.4) is 0 Å². The van der Waals surface area contributed by atoms with E-state index in [0.29, 0.717) is 6.42 Å². The van der Waals surface area contributed by atoms with Crippen LogP contribution in [0.5, 0.6) is 0 Å². The normalized spacial score (nSPS) is 11.4. The molecular formula is C14H16O. The maximum atomic E-state index is 11.5. The molecule has 0 bridgehead atoms. The summed E-state index contributed by atoms with van der Waals surface area (Å²) in [5.74, 6) is 6.11. The van der Waals surface area contributed by atoms with E-state index in [9.17, 15) is 4.79 Å². The third kappa shape index (κ3) is 2.95. The van der Waals surface area contributed by atoms with E-state index < -0.39 is 0 Å². The van der Waals surface area contributed by atoms with Gasteiger partial charge in [0.1, 0.15) is 5.78 Å². The van der Waals surface area contributed by atoms with Gasteiger partial charge >= 0.3 is 0 Å². The van der Waals surface area contributed by atoms with E-state index in [-0.39, 0.29) is 11.7 Å². The standard InChI is InChI=1S/C14H16O/c1-4-6-12-7-9-13(10-8-12)11(3)14(15)5-2/h7-11H,5H2,1-3H3. The number of carbonyl (C=O) groups excluding carboxylic acids is 1. The topological polar surface area (TPSA) is 17.1 Å². The largest absolute Gasteiger partial charge is 0.299 e. The van der Waals surface area contributed by atoms with Crippen LogP contribution >= 0.6 is 0 Å². The molecule has 0 saturated carbocycles. The Morgan fingerprint density at radius 1 is 1.33 bits per heavy atom. The highest BCUT2D eigenvalue weighted by molar-refractivity contribution is 5.85. The Morgan fingerprint density at radius 2 is 1.93 bits per heavy atom. The van der Waals surface area contributed by atoms with Crippen LogP contribution in [0, 0.1) is 11.8 Å². The third-order valence-corrected chi connectivity index (χ3v) is 2.51. The molecule has 0 aliphatic heterocycles. The van der Waals surface area contributed by atoms with Gasteiger partial charge < -0.3 is 0 Å². The molecule has 1 rings (SSSR count). The van der Waals surface area contributed by atoms with E-state index in [1.165, 1.54) is 0 Å². The molecule has 0 saturated heterocycles. The second-order valence-corrected chi connectivity index (χ2v) is 3.54. The molecule has 0 aliphatic rings. The molecule has 15 heavy (non-hydrogen) atoms. The maximum Gasteiger partial charge on any atom is 0.139 e. The van der Waals surface area contributed by atoms with Crippen molar-refractivity contribution in [2.75, 3.05) is 0 Å². The van der Waals surface area contributed by atoms with Gasteiger partial charge in [-0.25, -0.2) is 0 Å². The summed E-state index contributed by atoms with van der Waals surface area (Å²) < 4.78 is 0. The third-order valence-electron chi connectivity index (χ3n) is 2.51. The first-order chi connectivity index (χ1) is 7.19. The van der Waals surface area contributed by atoms with E-state index in [1.807, 2.05) is 45.0 Å². The van der Waals surface area contributed by atoms with Crippen LogP contribution in [0.2, 0.25) is 0 Å². The van der Waals surface area contributed by atoms with Crippen LogP contribution in [0.4, 0.5) is 0 Å². The fraction of sp³-hybridized carbons (Fsp3) is 0.357. The molecule has 78 valence electrons. The molecule has 0 fully saturated rings. The van der Waals surface area contributed by atoms with Gasteiger partial charge in [0, 0.05) is 17.9 Å². The molecule has 1 unspecified atom stereocenters. The Bertz CT molecular complexity index is 390. The van der Waals surface area contributed by atoms with Crippen LogP contribution in [0.15, 0.2) is 24.3 Å². The maximum absolute atomic E-state index is 11.5. The Labute approximate surface area is 91.5 Å². The second kappa shape index (κ2) is 5.36. The number of benzene rings is 1. The highest BCUT2D eigenvalue weighted by Crippen LogP contribution is 2.17. The minimum absolute atomic E-state index is 0.00126. The summed E-state index contributed by atoms with van der Waals surface area (Å²) in [6, 6.07) is 7.90. The van der Waals surface area contributed by atoms with Crippen molar-refractivity contribution < 1.29 is 4.79 Å². The zero-order valence-electron chi connectivity index (χ0n) is 9.50. The van der Waals surface area contributed by atoms with Crippen molar-refractivity contribution in [3.05, 3.63) is 35.4 Å². The predicted molar refractivity (Wildman–Crippen MR) is 62.7 cm³/mol. The Hall–Kier alpha value is -1.55. The molecular weight excluding hydrogens is 184 g/mol. The predicted octanol–water partition coefficient (Wildman–Crippen LogP) is 3.14. The number of hydrogen-bond acceptors (Lipinski definition) is 1. The summed E-state index contributed by atoms with van der Waals surface area (Å²) in [5.41, 5.74) is 2.07. The quantitative estimate of drug-likeness (QED) is 0.685. The van der Waals surface area contributed by atoms with E-state index in [4.69, 9.17) is 0 Å². The fourth-order valence-electron chi connectivity index (χ4n) is 1.49. The Kier molecular flexibility index (Phi) is 4.12. The number of carbonyl (C=O) groups is 1. The first-order valence-electron chi connectivity index (χ1n) is 5.24. The van der Waals surface area contributed by atoms with E-state index in [2.05, 4.69) is 11.8 Å². The van der Waals surface area contributed by atoms with E-state index in [0.717, 1.165) is 11.1 Å². The van der Waals surface area contributed by atoms with Gasteiger partial charge in [0.25, 0.3) is 0 Å². The number of Topliss-reactive ketones (excluding diaryl/α,β-unsaturated/α-hetero) is 1. The van der Waals surface area contributed by atoms with Crippen LogP contribution < -0.4 is 0 Å². The highest BCUT2D eigenvalue weighted by Gasteiger charge is 2.12.